The van der Waals surface area contributed by atoms with Gasteiger partial charge in [-0.25, -0.2) is 9.97 Å². The van der Waals surface area contributed by atoms with E-state index in [0.29, 0.717) is 5.69 Å². The summed E-state index contributed by atoms with van der Waals surface area (Å²) in [6.07, 6.45) is 3.22. The first kappa shape index (κ1) is 19.8. The van der Waals surface area contributed by atoms with Crippen LogP contribution in [0.25, 0.3) is 22.2 Å². The van der Waals surface area contributed by atoms with Gasteiger partial charge in [-0.2, -0.15) is 9.65 Å². The van der Waals surface area contributed by atoms with Crippen LogP contribution in [0.5, 0.6) is 5.75 Å². The molecule has 2 aromatic carbocycles. The number of nitrogens with one attached hydrogen (secondary N) is 1. The third-order valence-corrected chi connectivity index (χ3v) is 4.77. The molecule has 31 heavy (non-hydrogen) atoms. The van der Waals surface area contributed by atoms with Crippen LogP contribution in [0.15, 0.2) is 48.8 Å². The van der Waals surface area contributed by atoms with Crippen LogP contribution in [0, 0.1) is 27.3 Å². The third-order valence-electron chi connectivity index (χ3n) is 4.77. The van der Waals surface area contributed by atoms with Crippen molar-refractivity contribution in [3.05, 3.63) is 70.3 Å². The summed E-state index contributed by atoms with van der Waals surface area (Å²) >= 11 is 0. The number of nitro groups is 1. The third kappa shape index (κ3) is 3.49. The van der Waals surface area contributed by atoms with Gasteiger partial charge in [0.05, 0.1) is 35.2 Å². The lowest BCUT2D eigenvalue weighted by Gasteiger charge is -2.11. The molecule has 0 unspecified atom stereocenters. The van der Waals surface area contributed by atoms with Crippen LogP contribution < -0.4 is 10.1 Å². The molecule has 154 valence electrons. The van der Waals surface area contributed by atoms with Crippen molar-refractivity contribution >= 4 is 28.2 Å². The van der Waals surface area contributed by atoms with Crippen molar-refractivity contribution in [2.45, 2.75) is 0 Å². The minimum atomic E-state index is -1.02. The summed E-state index contributed by atoms with van der Waals surface area (Å²) in [6.45, 7) is 0. The van der Waals surface area contributed by atoms with Gasteiger partial charge < -0.3 is 14.6 Å². The zero-order valence-corrected chi connectivity index (χ0v) is 16.5. The molecule has 0 saturated heterocycles. The van der Waals surface area contributed by atoms with Gasteiger partial charge in [0.25, 0.3) is 0 Å². The van der Waals surface area contributed by atoms with Crippen molar-refractivity contribution in [1.82, 2.24) is 14.5 Å². The van der Waals surface area contributed by atoms with E-state index in [1.54, 1.807) is 0 Å². The second-order valence-electron chi connectivity index (χ2n) is 6.62. The van der Waals surface area contributed by atoms with E-state index >= 15 is 0 Å². The first-order chi connectivity index (χ1) is 14.9. The Kier molecular flexibility index (Phi) is 4.92. The molecule has 2 heterocycles. The van der Waals surface area contributed by atoms with E-state index in [1.807, 2.05) is 42.1 Å². The van der Waals surface area contributed by atoms with E-state index in [9.17, 15) is 19.8 Å². The Labute approximate surface area is 175 Å². The molecule has 0 radical (unpaired) electrons. The summed E-state index contributed by atoms with van der Waals surface area (Å²) in [5.41, 5.74) is 1.75. The fourth-order valence-corrected chi connectivity index (χ4v) is 3.33. The fourth-order valence-electron chi connectivity index (χ4n) is 3.33. The number of aryl methyl sites for hydroxylation is 1. The Morgan fingerprint density at radius 3 is 2.81 bits per heavy atom. The maximum absolute atomic E-state index is 13.9. The monoisotopic (exact) mass is 418 g/mol. The van der Waals surface area contributed by atoms with Gasteiger partial charge in [0, 0.05) is 41.8 Å². The number of rotatable bonds is 5. The Hall–Kier alpha value is -4.52. The Balaban J connectivity index is 1.83. The zero-order chi connectivity index (χ0) is 22.1. The molecule has 2 aromatic heterocycles. The lowest BCUT2D eigenvalue weighted by molar-refractivity contribution is -0.387. The average Bonchev–Trinajstić information content (AvgIpc) is 3.11. The first-order valence-corrected chi connectivity index (χ1v) is 9.03. The highest BCUT2D eigenvalue weighted by Gasteiger charge is 2.21. The number of para-hydroxylation sites is 1. The number of methoxy groups -OCH3 is 1. The number of hydrogen-bond donors (Lipinski definition) is 1. The number of hydrogen-bond acceptors (Lipinski definition) is 7. The minimum absolute atomic E-state index is 0.0442. The summed E-state index contributed by atoms with van der Waals surface area (Å²) in [6, 6.07) is 11.7. The summed E-state index contributed by atoms with van der Waals surface area (Å²) in [4.78, 5) is 18.9. The number of nitriles is 1. The summed E-state index contributed by atoms with van der Waals surface area (Å²) in [7, 11) is 3.20. The van der Waals surface area contributed by atoms with Gasteiger partial charge in [-0.3, -0.25) is 10.1 Å². The number of halogens is 1. The molecule has 0 atom stereocenters. The fraction of sp³-hybridized carbons (Fsp3) is 0.0952. The van der Waals surface area contributed by atoms with E-state index in [0.717, 1.165) is 28.6 Å². The SMILES string of the molecule is COc1cc(F)c([N+](=O)[O-])cc1Nc1ncc(C#N)c(-c2cn(C)c3ccccc23)n1. The molecule has 1 N–H and O–H groups in total. The van der Waals surface area contributed by atoms with E-state index < -0.39 is 16.4 Å². The topological polar surface area (TPSA) is 119 Å². The highest BCUT2D eigenvalue weighted by Crippen LogP contribution is 2.35. The van der Waals surface area contributed by atoms with Gasteiger partial charge in [0.2, 0.25) is 11.8 Å². The molecule has 0 bridgehead atoms. The van der Waals surface area contributed by atoms with Crippen molar-refractivity contribution in [2.75, 3.05) is 12.4 Å². The second kappa shape index (κ2) is 7.72. The van der Waals surface area contributed by atoms with Crippen molar-refractivity contribution in [1.29, 1.82) is 5.26 Å². The quantitative estimate of drug-likeness (QED) is 0.379. The van der Waals surface area contributed by atoms with E-state index in [4.69, 9.17) is 4.74 Å². The maximum atomic E-state index is 13.9. The van der Waals surface area contributed by atoms with Gasteiger partial charge >= 0.3 is 5.69 Å². The predicted molar refractivity (Wildman–Crippen MR) is 112 cm³/mol. The van der Waals surface area contributed by atoms with Crippen LogP contribution >= 0.6 is 0 Å². The molecule has 0 aliphatic heterocycles. The average molecular weight is 418 g/mol. The normalized spacial score (nSPS) is 10.6. The Morgan fingerprint density at radius 2 is 2.10 bits per heavy atom. The van der Waals surface area contributed by atoms with Gasteiger partial charge in [-0.05, 0) is 6.07 Å². The van der Waals surface area contributed by atoms with E-state index in [-0.39, 0.29) is 22.9 Å². The van der Waals surface area contributed by atoms with Crippen LogP contribution in [-0.2, 0) is 7.05 Å². The van der Waals surface area contributed by atoms with E-state index in [1.165, 1.54) is 13.3 Å². The molecule has 10 heteroatoms. The lowest BCUT2D eigenvalue weighted by Crippen LogP contribution is -2.03. The van der Waals surface area contributed by atoms with Crippen LogP contribution in [0.4, 0.5) is 21.7 Å². The molecule has 0 spiro atoms. The summed E-state index contributed by atoms with van der Waals surface area (Å²) < 4.78 is 21.0. The van der Waals surface area contributed by atoms with Gasteiger partial charge in [-0.15, -0.1) is 0 Å². The molecular weight excluding hydrogens is 403 g/mol. The van der Waals surface area contributed by atoms with Crippen LogP contribution in [0.1, 0.15) is 5.56 Å². The molecule has 4 aromatic rings. The van der Waals surface area contributed by atoms with Crippen LogP contribution in [0.2, 0.25) is 0 Å². The van der Waals surface area contributed by atoms with Crippen molar-refractivity contribution in [3.8, 4) is 23.1 Å². The van der Waals surface area contributed by atoms with Crippen molar-refractivity contribution in [3.63, 3.8) is 0 Å². The molecule has 0 saturated carbocycles. The molecule has 0 aliphatic rings. The number of benzene rings is 2. The molecule has 0 aliphatic carbocycles. The zero-order valence-electron chi connectivity index (χ0n) is 16.5. The molecule has 0 amide bonds. The number of nitro benzene ring substituents is 1. The second-order valence-corrected chi connectivity index (χ2v) is 6.62. The van der Waals surface area contributed by atoms with Gasteiger partial charge in [-0.1, -0.05) is 18.2 Å². The van der Waals surface area contributed by atoms with Crippen molar-refractivity contribution in [2.24, 2.45) is 7.05 Å². The number of fused-ring (bicyclic) bond motifs is 1. The number of nitrogens with zero attached hydrogens (tertiary/aromatic N) is 5. The lowest BCUT2D eigenvalue weighted by atomic mass is 10.1. The Morgan fingerprint density at radius 1 is 1.32 bits per heavy atom. The standard InChI is InChI=1S/C21H15FN6O3/c1-27-11-14(13-5-3-4-6-17(13)27)20-12(9-23)10-24-21(26-20)25-16-8-18(28(29)30)15(22)7-19(16)31-2/h3-8,10-11H,1-2H3,(H,24,25,26). The number of anilines is 2. The number of aromatic nitrogens is 3. The Bertz CT molecular complexity index is 1380. The van der Waals surface area contributed by atoms with Crippen LogP contribution in [-0.4, -0.2) is 26.6 Å². The van der Waals surface area contributed by atoms with Crippen LogP contribution in [0.3, 0.4) is 0 Å². The molecule has 9 nitrogen and oxygen atoms in total. The van der Waals surface area contributed by atoms with Gasteiger partial charge in [0.15, 0.2) is 0 Å². The maximum Gasteiger partial charge on any atom is 0.307 e. The minimum Gasteiger partial charge on any atom is -0.494 e. The molecule has 0 fully saturated rings. The predicted octanol–water partition coefficient (Wildman–Crippen LogP) is 4.31. The first-order valence-electron chi connectivity index (χ1n) is 9.03. The van der Waals surface area contributed by atoms with Gasteiger partial charge in [0.1, 0.15) is 11.8 Å². The molecule has 4 rings (SSSR count). The van der Waals surface area contributed by atoms with E-state index in [2.05, 4.69) is 21.4 Å². The molecular formula is C21H15FN6O3. The smallest absolute Gasteiger partial charge is 0.307 e. The highest BCUT2D eigenvalue weighted by molar-refractivity contribution is 5.96. The van der Waals surface area contributed by atoms with Crippen molar-refractivity contribution < 1.29 is 14.1 Å². The largest absolute Gasteiger partial charge is 0.494 e. The summed E-state index contributed by atoms with van der Waals surface area (Å²) in [5.74, 6) is -0.909. The number of ether oxygens (including phenoxy) is 1. The summed E-state index contributed by atoms with van der Waals surface area (Å²) in [5, 5.41) is 24.4. The highest BCUT2D eigenvalue weighted by atomic mass is 19.1.